The van der Waals surface area contributed by atoms with Gasteiger partial charge in [0.05, 0.1) is 29.0 Å². The van der Waals surface area contributed by atoms with Crippen LogP contribution in [0, 0.1) is 5.82 Å². The molecule has 8 nitrogen and oxygen atoms in total. The summed E-state index contributed by atoms with van der Waals surface area (Å²) >= 11 is 0. The second-order valence-electron chi connectivity index (χ2n) is 9.56. The third kappa shape index (κ3) is 3.15. The van der Waals surface area contributed by atoms with Crippen LogP contribution in [-0.2, 0) is 28.3 Å². The summed E-state index contributed by atoms with van der Waals surface area (Å²) in [6.45, 7) is 1.83. The molecule has 0 radical (unpaired) electrons. The average molecular weight is 512 g/mol. The molecule has 0 fully saturated rings. The highest BCUT2D eigenvalue weighted by atomic mass is 19.1. The fourth-order valence-electron chi connectivity index (χ4n) is 5.44. The van der Waals surface area contributed by atoms with Gasteiger partial charge in [-0.15, -0.1) is 0 Å². The number of ether oxygens (including phenoxy) is 3. The van der Waals surface area contributed by atoms with E-state index in [1.54, 1.807) is 35.8 Å². The minimum absolute atomic E-state index is 0.0644. The summed E-state index contributed by atoms with van der Waals surface area (Å²) in [4.78, 5) is 31.0. The van der Waals surface area contributed by atoms with E-state index in [-0.39, 0.29) is 48.9 Å². The number of carbonyl (C=O) groups excluding carboxylic acids is 1. The van der Waals surface area contributed by atoms with Crippen molar-refractivity contribution in [2.75, 3.05) is 6.79 Å². The molecule has 0 unspecified atom stereocenters. The topological polar surface area (TPSA) is 99.9 Å². The second kappa shape index (κ2) is 8.00. The number of aromatic nitrogens is 2. The predicted octanol–water partition coefficient (Wildman–Crippen LogP) is 4.12. The average Bonchev–Trinajstić information content (AvgIpc) is 3.53. The molecule has 1 N–H and O–H groups in total. The van der Waals surface area contributed by atoms with Crippen molar-refractivity contribution in [1.29, 1.82) is 0 Å². The van der Waals surface area contributed by atoms with Crippen LogP contribution in [0.2, 0.25) is 0 Å². The Morgan fingerprint density at radius 2 is 1.82 bits per heavy atom. The van der Waals surface area contributed by atoms with Gasteiger partial charge in [-0.25, -0.2) is 14.2 Å². The molecule has 0 aliphatic carbocycles. The van der Waals surface area contributed by atoms with Gasteiger partial charge in [-0.05, 0) is 41.8 Å². The number of cyclic esters (lactones) is 1. The summed E-state index contributed by atoms with van der Waals surface area (Å²) < 4.78 is 31.4. The Morgan fingerprint density at radius 3 is 2.58 bits per heavy atom. The van der Waals surface area contributed by atoms with Crippen molar-refractivity contribution in [3.05, 3.63) is 86.5 Å². The molecule has 0 bridgehead atoms. The van der Waals surface area contributed by atoms with E-state index in [0.29, 0.717) is 28.4 Å². The number of rotatable bonds is 3. The van der Waals surface area contributed by atoms with E-state index < -0.39 is 11.6 Å². The summed E-state index contributed by atoms with van der Waals surface area (Å²) in [7, 11) is 0. The largest absolute Gasteiger partial charge is 0.458 e. The highest BCUT2D eigenvalue weighted by Gasteiger charge is 2.45. The summed E-state index contributed by atoms with van der Waals surface area (Å²) in [5, 5.41) is 12.0. The minimum Gasteiger partial charge on any atom is -0.458 e. The van der Waals surface area contributed by atoms with E-state index in [0.717, 1.165) is 22.1 Å². The van der Waals surface area contributed by atoms with Crippen LogP contribution in [0.5, 0.6) is 11.5 Å². The fraction of sp³-hybridized carbons (Fsp3) is 0.207. The number of esters is 1. The van der Waals surface area contributed by atoms with E-state index >= 15 is 0 Å². The van der Waals surface area contributed by atoms with E-state index in [1.165, 1.54) is 12.1 Å². The van der Waals surface area contributed by atoms with Crippen molar-refractivity contribution < 1.29 is 28.5 Å². The summed E-state index contributed by atoms with van der Waals surface area (Å²) in [6, 6.07) is 11.5. The van der Waals surface area contributed by atoms with Crippen molar-refractivity contribution in [3.63, 3.8) is 0 Å². The zero-order valence-corrected chi connectivity index (χ0v) is 20.3. The Hall–Kier alpha value is -4.50. The molecule has 0 amide bonds. The van der Waals surface area contributed by atoms with Crippen LogP contribution in [0.15, 0.2) is 47.3 Å². The molecule has 5 heterocycles. The lowest BCUT2D eigenvalue weighted by atomic mass is 9.86. The number of halogens is 1. The van der Waals surface area contributed by atoms with Gasteiger partial charge in [-0.2, -0.15) is 0 Å². The van der Waals surface area contributed by atoms with Gasteiger partial charge < -0.3 is 23.9 Å². The van der Waals surface area contributed by atoms with Crippen LogP contribution < -0.4 is 15.0 Å². The molecule has 4 aromatic rings. The number of hydrogen-bond donors (Lipinski definition) is 1. The maximum atomic E-state index is 13.6. The fourth-order valence-corrected chi connectivity index (χ4v) is 5.44. The number of fused-ring (bicyclic) bond motifs is 6. The van der Waals surface area contributed by atoms with Crippen molar-refractivity contribution in [2.45, 2.75) is 32.1 Å². The lowest BCUT2D eigenvalue weighted by molar-refractivity contribution is -0.172. The first-order chi connectivity index (χ1) is 18.4. The van der Waals surface area contributed by atoms with Crippen molar-refractivity contribution in [2.24, 2.45) is 0 Å². The van der Waals surface area contributed by atoms with Gasteiger partial charge >= 0.3 is 5.97 Å². The Labute approximate surface area is 215 Å². The van der Waals surface area contributed by atoms with Crippen molar-refractivity contribution in [3.8, 4) is 22.9 Å². The molecule has 0 spiro atoms. The Kier molecular flexibility index (Phi) is 4.77. The van der Waals surface area contributed by atoms with Gasteiger partial charge in [0.1, 0.15) is 12.4 Å². The van der Waals surface area contributed by atoms with E-state index in [9.17, 15) is 19.1 Å². The first kappa shape index (κ1) is 22.7. The van der Waals surface area contributed by atoms with Gasteiger partial charge in [-0.3, -0.25) is 4.79 Å². The molecule has 2 aromatic heterocycles. The highest BCUT2D eigenvalue weighted by Crippen LogP contribution is 2.43. The van der Waals surface area contributed by atoms with Crippen LogP contribution in [0.3, 0.4) is 0 Å². The van der Waals surface area contributed by atoms with Gasteiger partial charge in [0.15, 0.2) is 17.1 Å². The normalized spacial score (nSPS) is 19.0. The summed E-state index contributed by atoms with van der Waals surface area (Å²) in [5.74, 6) is 0.0837. The zero-order chi connectivity index (χ0) is 26.2. The third-order valence-corrected chi connectivity index (χ3v) is 7.54. The molecule has 2 aromatic carbocycles. The van der Waals surface area contributed by atoms with E-state index in [4.69, 9.17) is 19.2 Å². The van der Waals surface area contributed by atoms with Gasteiger partial charge in [0.25, 0.3) is 5.56 Å². The van der Waals surface area contributed by atoms with Gasteiger partial charge in [-0.1, -0.05) is 31.2 Å². The summed E-state index contributed by atoms with van der Waals surface area (Å²) in [6.07, 6.45) is 3.86. The molecule has 38 heavy (non-hydrogen) atoms. The molecular formula is C29H21FN2O6. The number of aliphatic hydroxyl groups is 1. The number of benzene rings is 2. The molecule has 0 saturated carbocycles. The third-order valence-electron chi connectivity index (χ3n) is 7.54. The maximum absolute atomic E-state index is 13.6. The highest BCUT2D eigenvalue weighted by molar-refractivity contribution is 5.97. The van der Waals surface area contributed by atoms with E-state index in [1.807, 2.05) is 18.2 Å². The Bertz CT molecular complexity index is 1780. The molecule has 3 aliphatic heterocycles. The molecule has 3 aliphatic rings. The summed E-state index contributed by atoms with van der Waals surface area (Å²) in [5.41, 5.74) is 2.45. The van der Waals surface area contributed by atoms with E-state index in [2.05, 4.69) is 0 Å². The number of nitrogens with zero attached hydrogens (tertiary/aromatic N) is 2. The zero-order valence-electron chi connectivity index (χ0n) is 20.3. The molecule has 9 heteroatoms. The minimum atomic E-state index is -1.90. The Balaban J connectivity index is 1.48. The smallest absolute Gasteiger partial charge is 0.343 e. The van der Waals surface area contributed by atoms with Crippen LogP contribution in [0.1, 0.15) is 41.2 Å². The van der Waals surface area contributed by atoms with Gasteiger partial charge in [0.2, 0.25) is 6.79 Å². The first-order valence-electron chi connectivity index (χ1n) is 12.2. The molecule has 0 saturated heterocycles. The Morgan fingerprint density at radius 1 is 1.05 bits per heavy atom. The maximum Gasteiger partial charge on any atom is 0.343 e. The molecule has 1 atom stereocenters. The molecular weight excluding hydrogens is 491 g/mol. The lowest BCUT2D eigenvalue weighted by Crippen LogP contribution is -2.44. The quantitative estimate of drug-likeness (QED) is 0.363. The monoisotopic (exact) mass is 512 g/mol. The van der Waals surface area contributed by atoms with Crippen molar-refractivity contribution in [1.82, 2.24) is 9.55 Å². The van der Waals surface area contributed by atoms with Crippen LogP contribution in [0.25, 0.3) is 34.4 Å². The predicted molar refractivity (Wildman–Crippen MR) is 136 cm³/mol. The standard InChI is InChI=1S/C29H21FN2O6/c1-2-29(35)21-10-23-26-19(12-32(23)27(33)20(21)13-36-28(29)34)17(8-5-15-3-6-16(30)7-4-15)18-9-24-25(38-14-37-24)11-22(18)31-26/h3-11,35H,2,12-14H2,1H3/t29-/m0/s1. The van der Waals surface area contributed by atoms with Crippen LogP contribution >= 0.6 is 0 Å². The number of carbonyl (C=O) groups is 1. The molecule has 7 rings (SSSR count). The van der Waals surface area contributed by atoms with Crippen LogP contribution in [0.4, 0.5) is 4.39 Å². The lowest BCUT2D eigenvalue weighted by Gasteiger charge is -2.31. The number of hydrogen-bond acceptors (Lipinski definition) is 7. The molecule has 190 valence electrons. The first-order valence-corrected chi connectivity index (χ1v) is 12.2. The van der Waals surface area contributed by atoms with Gasteiger partial charge in [0, 0.05) is 22.6 Å². The second-order valence-corrected chi connectivity index (χ2v) is 9.56. The van der Waals surface area contributed by atoms with Crippen molar-refractivity contribution >= 4 is 29.0 Å². The number of pyridine rings is 2. The van der Waals surface area contributed by atoms with Crippen LogP contribution in [-0.4, -0.2) is 27.4 Å². The SMILES string of the molecule is CC[C@@]1(O)C(=O)OCc2c1cc1n(c2=O)Cc2c-1nc1cc3c(cc1c2C=Cc1ccc(F)cc1)OCO3.